The Hall–Kier alpha value is -2.40. The number of amides is 2. The van der Waals surface area contributed by atoms with E-state index in [0.29, 0.717) is 17.1 Å². The maximum atomic E-state index is 13.6. The standard InChI is InChI=1S/C24H31Cl2FN4O4S/c1-5-6-13-28-24(33)17(2)30(15-18-7-12-21(25)22(26)14-18)23(32)16-31(36(34,35)29(3)4)20-10-8-19(27)9-11-20/h7-12,14,17H,5-6,13,15-16H2,1-4H3,(H,28,33). The van der Waals surface area contributed by atoms with Crippen LogP contribution in [0.15, 0.2) is 42.5 Å². The molecule has 8 nitrogen and oxygen atoms in total. The highest BCUT2D eigenvalue weighted by Crippen LogP contribution is 2.25. The van der Waals surface area contributed by atoms with Gasteiger partial charge in [-0.25, -0.2) is 8.70 Å². The van der Waals surface area contributed by atoms with E-state index in [-0.39, 0.29) is 23.2 Å². The van der Waals surface area contributed by atoms with Gasteiger partial charge < -0.3 is 10.2 Å². The minimum atomic E-state index is -4.12. The Morgan fingerprint density at radius 2 is 1.69 bits per heavy atom. The Kier molecular flexibility index (Phi) is 11.0. The number of hydrogen-bond acceptors (Lipinski definition) is 4. The SMILES string of the molecule is CCCCNC(=O)C(C)N(Cc1ccc(Cl)c(Cl)c1)C(=O)CN(c1ccc(F)cc1)S(=O)(=O)N(C)C. The van der Waals surface area contributed by atoms with Gasteiger partial charge in [-0.2, -0.15) is 12.7 Å². The van der Waals surface area contributed by atoms with Gasteiger partial charge >= 0.3 is 10.2 Å². The van der Waals surface area contributed by atoms with E-state index >= 15 is 0 Å². The molecule has 2 rings (SSSR count). The number of nitrogens with zero attached hydrogens (tertiary/aromatic N) is 3. The molecule has 0 aliphatic carbocycles. The number of carbonyl (C=O) groups is 2. The molecule has 0 saturated carbocycles. The average Bonchev–Trinajstić information content (AvgIpc) is 2.83. The van der Waals surface area contributed by atoms with Crippen molar-refractivity contribution < 1.29 is 22.4 Å². The summed E-state index contributed by atoms with van der Waals surface area (Å²) in [4.78, 5) is 27.7. The van der Waals surface area contributed by atoms with E-state index < -0.39 is 34.5 Å². The van der Waals surface area contributed by atoms with Crippen LogP contribution < -0.4 is 9.62 Å². The minimum Gasteiger partial charge on any atom is -0.354 e. The number of anilines is 1. The number of rotatable bonds is 12. The summed E-state index contributed by atoms with van der Waals surface area (Å²) < 4.78 is 41.5. The van der Waals surface area contributed by atoms with Crippen LogP contribution in [0.5, 0.6) is 0 Å². The molecule has 0 aliphatic heterocycles. The molecule has 1 unspecified atom stereocenters. The predicted molar refractivity (Wildman–Crippen MR) is 141 cm³/mol. The van der Waals surface area contributed by atoms with E-state index in [4.69, 9.17) is 23.2 Å². The highest BCUT2D eigenvalue weighted by molar-refractivity contribution is 7.90. The van der Waals surface area contributed by atoms with Crippen molar-refractivity contribution in [3.8, 4) is 0 Å². The van der Waals surface area contributed by atoms with Gasteiger partial charge in [0.2, 0.25) is 11.8 Å². The van der Waals surface area contributed by atoms with E-state index in [9.17, 15) is 22.4 Å². The van der Waals surface area contributed by atoms with Crippen LogP contribution in [0.1, 0.15) is 32.3 Å². The summed E-state index contributed by atoms with van der Waals surface area (Å²) in [5.74, 6) is -1.56. The monoisotopic (exact) mass is 560 g/mol. The molecule has 2 aromatic carbocycles. The minimum absolute atomic E-state index is 0.0165. The van der Waals surface area contributed by atoms with Crippen LogP contribution >= 0.6 is 23.2 Å². The van der Waals surface area contributed by atoms with Crippen LogP contribution in [0.2, 0.25) is 10.0 Å². The van der Waals surface area contributed by atoms with E-state index in [1.807, 2.05) is 6.92 Å². The molecule has 0 bridgehead atoms. The van der Waals surface area contributed by atoms with Gasteiger partial charge in [0.05, 0.1) is 15.7 Å². The van der Waals surface area contributed by atoms with Crippen molar-refractivity contribution in [3.05, 3.63) is 63.9 Å². The van der Waals surface area contributed by atoms with Crippen LogP contribution in [0.25, 0.3) is 0 Å². The van der Waals surface area contributed by atoms with Crippen molar-refractivity contribution in [3.63, 3.8) is 0 Å². The molecule has 0 radical (unpaired) electrons. The molecule has 0 aromatic heterocycles. The second-order valence-electron chi connectivity index (χ2n) is 8.36. The largest absolute Gasteiger partial charge is 0.354 e. The molecule has 2 amide bonds. The van der Waals surface area contributed by atoms with Gasteiger partial charge in [-0.15, -0.1) is 0 Å². The fourth-order valence-electron chi connectivity index (χ4n) is 3.28. The lowest BCUT2D eigenvalue weighted by Crippen LogP contribution is -2.52. The van der Waals surface area contributed by atoms with E-state index in [0.717, 1.165) is 33.6 Å². The third-order valence-electron chi connectivity index (χ3n) is 5.47. The summed E-state index contributed by atoms with van der Waals surface area (Å²) in [6.45, 7) is 3.38. The van der Waals surface area contributed by atoms with Gasteiger partial charge in [-0.3, -0.25) is 9.59 Å². The molecular formula is C24H31Cl2FN4O4S. The number of hydrogen-bond donors (Lipinski definition) is 1. The van der Waals surface area contributed by atoms with Crippen LogP contribution in [0.4, 0.5) is 10.1 Å². The first-order chi connectivity index (χ1) is 16.9. The maximum Gasteiger partial charge on any atom is 0.304 e. The second kappa shape index (κ2) is 13.2. The highest BCUT2D eigenvalue weighted by atomic mass is 35.5. The molecule has 0 saturated heterocycles. The topological polar surface area (TPSA) is 90.0 Å². The summed E-state index contributed by atoms with van der Waals surface area (Å²) in [5.41, 5.74) is 0.711. The Bertz CT molecular complexity index is 1160. The normalized spacial score (nSPS) is 12.3. The number of carbonyl (C=O) groups excluding carboxylic acids is 2. The van der Waals surface area contributed by atoms with Gasteiger partial charge in [0.1, 0.15) is 18.4 Å². The molecular weight excluding hydrogens is 530 g/mol. The zero-order valence-electron chi connectivity index (χ0n) is 20.7. The average molecular weight is 562 g/mol. The molecule has 36 heavy (non-hydrogen) atoms. The molecule has 0 aliphatic rings. The Balaban J connectivity index is 2.43. The molecule has 1 N–H and O–H groups in total. The number of unbranched alkanes of at least 4 members (excludes halogenated alkanes) is 1. The molecule has 0 fully saturated rings. The summed E-state index contributed by atoms with van der Waals surface area (Å²) in [6, 6.07) is 8.67. The lowest BCUT2D eigenvalue weighted by molar-refractivity contribution is -0.139. The molecule has 2 aromatic rings. The second-order valence-corrected chi connectivity index (χ2v) is 11.2. The Labute approximate surface area is 222 Å². The molecule has 198 valence electrons. The molecule has 12 heteroatoms. The Morgan fingerprint density at radius 3 is 2.25 bits per heavy atom. The summed E-state index contributed by atoms with van der Waals surface area (Å²) >= 11 is 12.1. The van der Waals surface area contributed by atoms with Gasteiger partial charge in [-0.05, 0) is 55.3 Å². The van der Waals surface area contributed by atoms with E-state index in [1.54, 1.807) is 25.1 Å². The fourth-order valence-corrected chi connectivity index (χ4v) is 4.65. The van der Waals surface area contributed by atoms with Crippen LogP contribution in [0, 0.1) is 5.82 Å². The predicted octanol–water partition coefficient (Wildman–Crippen LogP) is 4.08. The summed E-state index contributed by atoms with van der Waals surface area (Å²) in [5, 5.41) is 3.42. The van der Waals surface area contributed by atoms with Crippen molar-refractivity contribution in [2.75, 3.05) is 31.5 Å². The van der Waals surface area contributed by atoms with Crippen molar-refractivity contribution in [2.24, 2.45) is 0 Å². The number of benzene rings is 2. The van der Waals surface area contributed by atoms with Crippen molar-refractivity contribution in [1.82, 2.24) is 14.5 Å². The smallest absolute Gasteiger partial charge is 0.304 e. The van der Waals surface area contributed by atoms with Crippen LogP contribution in [-0.4, -0.2) is 62.7 Å². The first kappa shape index (κ1) is 29.8. The number of nitrogens with one attached hydrogen (secondary N) is 1. The van der Waals surface area contributed by atoms with Crippen LogP contribution in [-0.2, 0) is 26.3 Å². The molecule has 0 spiro atoms. The lowest BCUT2D eigenvalue weighted by Gasteiger charge is -2.33. The van der Waals surface area contributed by atoms with E-state index in [2.05, 4.69) is 5.32 Å². The van der Waals surface area contributed by atoms with Gasteiger partial charge in [-0.1, -0.05) is 42.6 Å². The summed E-state index contributed by atoms with van der Waals surface area (Å²) in [6.07, 6.45) is 1.66. The first-order valence-electron chi connectivity index (χ1n) is 11.3. The zero-order chi connectivity index (χ0) is 27.0. The quantitative estimate of drug-likeness (QED) is 0.396. The maximum absolute atomic E-state index is 13.6. The fraction of sp³-hybridized carbons (Fsp3) is 0.417. The van der Waals surface area contributed by atoms with Gasteiger partial charge in [0.25, 0.3) is 0 Å². The third kappa shape index (κ3) is 7.80. The van der Waals surface area contributed by atoms with Crippen LogP contribution in [0.3, 0.4) is 0 Å². The molecule has 1 atom stereocenters. The zero-order valence-corrected chi connectivity index (χ0v) is 23.0. The lowest BCUT2D eigenvalue weighted by atomic mass is 10.1. The first-order valence-corrected chi connectivity index (χ1v) is 13.5. The summed E-state index contributed by atoms with van der Waals surface area (Å²) in [7, 11) is -1.47. The van der Waals surface area contributed by atoms with Gasteiger partial charge in [0.15, 0.2) is 0 Å². The number of halogens is 3. The Morgan fingerprint density at radius 1 is 1.06 bits per heavy atom. The molecule has 0 heterocycles. The van der Waals surface area contributed by atoms with Gasteiger partial charge in [0, 0.05) is 27.2 Å². The third-order valence-corrected chi connectivity index (χ3v) is 8.03. The van der Waals surface area contributed by atoms with Crippen molar-refractivity contribution >= 4 is 50.9 Å². The van der Waals surface area contributed by atoms with E-state index in [1.165, 1.54) is 31.1 Å². The highest BCUT2D eigenvalue weighted by Gasteiger charge is 2.32. The van der Waals surface area contributed by atoms with Crippen molar-refractivity contribution in [1.29, 1.82) is 0 Å². The van der Waals surface area contributed by atoms with Crippen molar-refractivity contribution in [2.45, 2.75) is 39.3 Å².